The molecule has 0 aliphatic heterocycles. The number of ether oxygens (including phenoxy) is 1. The number of fused-ring (bicyclic) bond motifs is 1. The fourth-order valence-corrected chi connectivity index (χ4v) is 3.13. The lowest BCUT2D eigenvalue weighted by Crippen LogP contribution is -2.47. The summed E-state index contributed by atoms with van der Waals surface area (Å²) in [5.41, 5.74) is 1.53. The van der Waals surface area contributed by atoms with Gasteiger partial charge in [0.05, 0.1) is 12.7 Å². The first-order valence-corrected chi connectivity index (χ1v) is 9.71. The number of nitrogens with one attached hydrogen (secondary N) is 2. The van der Waals surface area contributed by atoms with Crippen LogP contribution in [0, 0.1) is 5.92 Å². The van der Waals surface area contributed by atoms with E-state index >= 15 is 0 Å². The molecule has 0 saturated carbocycles. The normalized spacial score (nSPS) is 12.8. The van der Waals surface area contributed by atoms with Crippen molar-refractivity contribution < 1.29 is 18.7 Å². The van der Waals surface area contributed by atoms with Crippen LogP contribution >= 0.6 is 0 Å². The summed E-state index contributed by atoms with van der Waals surface area (Å²) in [6.45, 7) is 3.79. The van der Waals surface area contributed by atoms with Gasteiger partial charge >= 0.3 is 17.6 Å². The van der Waals surface area contributed by atoms with Crippen LogP contribution < -0.4 is 16.3 Å². The van der Waals surface area contributed by atoms with Crippen LogP contribution in [0.2, 0.25) is 0 Å². The number of urea groups is 1. The van der Waals surface area contributed by atoms with Crippen molar-refractivity contribution in [1.29, 1.82) is 0 Å². The minimum atomic E-state index is -0.754. The van der Waals surface area contributed by atoms with E-state index in [2.05, 4.69) is 10.6 Å². The number of rotatable bonds is 6. The summed E-state index contributed by atoms with van der Waals surface area (Å²) in [4.78, 5) is 36.8. The van der Waals surface area contributed by atoms with E-state index in [-0.39, 0.29) is 5.92 Å². The fraction of sp³-hybridized carbons (Fsp3) is 0.261. The molecule has 0 unspecified atom stereocenters. The van der Waals surface area contributed by atoms with Gasteiger partial charge in [0.1, 0.15) is 11.6 Å². The maximum Gasteiger partial charge on any atom is 0.344 e. The van der Waals surface area contributed by atoms with Crippen molar-refractivity contribution in [3.8, 4) is 11.1 Å². The Balaban J connectivity index is 1.82. The molecule has 0 aliphatic rings. The van der Waals surface area contributed by atoms with Crippen LogP contribution in [0.5, 0.6) is 0 Å². The number of hydrogen-bond acceptors (Lipinski definition) is 5. The van der Waals surface area contributed by atoms with Crippen LogP contribution in [-0.2, 0) is 9.53 Å². The van der Waals surface area contributed by atoms with Gasteiger partial charge in [-0.25, -0.2) is 14.4 Å². The first kappa shape index (κ1) is 21.1. The highest BCUT2D eigenvalue weighted by molar-refractivity contribution is 5.93. The Hall–Kier alpha value is -3.61. The van der Waals surface area contributed by atoms with Crippen LogP contribution in [0.3, 0.4) is 0 Å². The lowest BCUT2D eigenvalue weighted by Gasteiger charge is -2.22. The average molecular weight is 408 g/mol. The van der Waals surface area contributed by atoms with Gasteiger partial charge < -0.3 is 19.8 Å². The second-order valence-corrected chi connectivity index (χ2v) is 7.05. The Morgan fingerprint density at radius 2 is 1.87 bits per heavy atom. The van der Waals surface area contributed by atoms with Gasteiger partial charge in [-0.1, -0.05) is 50.6 Å². The smallest absolute Gasteiger partial charge is 0.344 e. The largest absolute Gasteiger partial charge is 0.467 e. The zero-order valence-electron chi connectivity index (χ0n) is 17.1. The number of para-hydroxylation sites is 1. The van der Waals surface area contributed by atoms with Crippen LogP contribution in [0.1, 0.15) is 20.3 Å². The molecule has 2 N–H and O–H groups in total. The van der Waals surface area contributed by atoms with Gasteiger partial charge in [-0.2, -0.15) is 0 Å². The summed E-state index contributed by atoms with van der Waals surface area (Å²) >= 11 is 0. The van der Waals surface area contributed by atoms with E-state index in [1.807, 2.05) is 26.0 Å². The average Bonchev–Trinajstić information content (AvgIpc) is 2.76. The summed E-state index contributed by atoms with van der Waals surface area (Å²) in [6, 6.07) is 14.6. The van der Waals surface area contributed by atoms with Crippen LogP contribution in [0.25, 0.3) is 22.1 Å². The van der Waals surface area contributed by atoms with Gasteiger partial charge in [0.25, 0.3) is 0 Å². The van der Waals surface area contributed by atoms with Crippen molar-refractivity contribution in [2.75, 3.05) is 12.4 Å². The molecule has 2 aromatic carbocycles. The minimum absolute atomic E-state index is 0.0863. The molecule has 1 heterocycles. The fourth-order valence-electron chi connectivity index (χ4n) is 3.13. The predicted molar refractivity (Wildman–Crippen MR) is 115 cm³/mol. The van der Waals surface area contributed by atoms with Crippen molar-refractivity contribution >= 4 is 28.7 Å². The van der Waals surface area contributed by atoms with Crippen molar-refractivity contribution in [3.05, 3.63) is 65.0 Å². The molecular formula is C23H24N2O5. The maximum atomic E-state index is 12.4. The molecule has 3 rings (SSSR count). The Morgan fingerprint density at radius 1 is 1.10 bits per heavy atom. The van der Waals surface area contributed by atoms with E-state index in [1.165, 1.54) is 7.11 Å². The van der Waals surface area contributed by atoms with E-state index in [9.17, 15) is 14.4 Å². The van der Waals surface area contributed by atoms with Crippen LogP contribution in [0.4, 0.5) is 10.5 Å². The van der Waals surface area contributed by atoms with Gasteiger partial charge in [0.2, 0.25) is 0 Å². The molecule has 3 aromatic rings. The second kappa shape index (κ2) is 9.26. The summed E-state index contributed by atoms with van der Waals surface area (Å²) < 4.78 is 10.2. The van der Waals surface area contributed by atoms with Crippen LogP contribution in [-0.4, -0.2) is 25.2 Å². The Bertz CT molecular complexity index is 1120. The van der Waals surface area contributed by atoms with E-state index in [0.29, 0.717) is 28.8 Å². The van der Waals surface area contributed by atoms with E-state index in [1.54, 1.807) is 42.5 Å². The summed E-state index contributed by atoms with van der Waals surface area (Å²) in [6.07, 6.45) is 0.702. The number of carbonyl (C=O) groups is 2. The topological polar surface area (TPSA) is 97.6 Å². The molecule has 30 heavy (non-hydrogen) atoms. The monoisotopic (exact) mass is 408 g/mol. The Morgan fingerprint density at radius 3 is 2.60 bits per heavy atom. The Kier molecular flexibility index (Phi) is 6.51. The number of amides is 2. The number of methoxy groups -OCH3 is 1. The minimum Gasteiger partial charge on any atom is -0.467 e. The highest BCUT2D eigenvalue weighted by atomic mass is 16.5. The van der Waals surface area contributed by atoms with Gasteiger partial charge in [0.15, 0.2) is 0 Å². The molecular weight excluding hydrogens is 384 g/mol. The Labute approximate surface area is 174 Å². The number of hydrogen-bond donors (Lipinski definition) is 2. The molecule has 7 nitrogen and oxygen atoms in total. The second-order valence-electron chi connectivity index (χ2n) is 7.05. The van der Waals surface area contributed by atoms with E-state index < -0.39 is 23.7 Å². The van der Waals surface area contributed by atoms with Crippen LogP contribution in [0.15, 0.2) is 63.8 Å². The first-order valence-electron chi connectivity index (χ1n) is 9.71. The highest BCUT2D eigenvalue weighted by Gasteiger charge is 2.26. The molecule has 0 spiro atoms. The molecule has 7 heteroatoms. The van der Waals surface area contributed by atoms with Gasteiger partial charge in [-0.3, -0.25) is 0 Å². The van der Waals surface area contributed by atoms with Crippen molar-refractivity contribution in [2.45, 2.75) is 26.3 Å². The summed E-state index contributed by atoms with van der Waals surface area (Å²) in [7, 11) is 1.29. The molecule has 0 aliphatic carbocycles. The molecule has 0 bridgehead atoms. The summed E-state index contributed by atoms with van der Waals surface area (Å²) in [5.74, 6) is -0.584. The molecule has 0 radical (unpaired) electrons. The quantitative estimate of drug-likeness (QED) is 0.471. The van der Waals surface area contributed by atoms with E-state index in [0.717, 1.165) is 5.39 Å². The molecule has 0 fully saturated rings. The lowest BCUT2D eigenvalue weighted by atomic mass is 9.99. The zero-order chi connectivity index (χ0) is 21.7. The third-order valence-electron chi connectivity index (χ3n) is 5.03. The molecule has 2 atom stereocenters. The third-order valence-corrected chi connectivity index (χ3v) is 5.03. The molecule has 0 saturated heterocycles. The standard InChI is InChI=1S/C23H24N2O5/c1-4-14(2)20(22(27)29-3)25-23(28)24-17-10-7-9-15(12-17)18-13-16-8-5-6-11-19(16)30-21(18)26/h5-14,20H,4H2,1-3H3,(H2,24,25,28)/t14-,20+/m0/s1. The van der Waals surface area contributed by atoms with Gasteiger partial charge in [-0.15, -0.1) is 0 Å². The number of benzene rings is 2. The number of anilines is 1. The SMILES string of the molecule is CC[C@H](C)[C@@H](NC(=O)Nc1cccc(-c2cc3ccccc3oc2=O)c1)C(=O)OC. The molecule has 156 valence electrons. The van der Waals surface area contributed by atoms with Crippen molar-refractivity contribution in [2.24, 2.45) is 5.92 Å². The predicted octanol–water partition coefficient (Wildman–Crippen LogP) is 4.17. The van der Waals surface area contributed by atoms with Gasteiger partial charge in [0, 0.05) is 11.1 Å². The molecule has 2 amide bonds. The molecule has 1 aromatic heterocycles. The maximum absolute atomic E-state index is 12.4. The van der Waals surface area contributed by atoms with Crippen molar-refractivity contribution in [1.82, 2.24) is 5.32 Å². The van der Waals surface area contributed by atoms with Gasteiger partial charge in [-0.05, 0) is 35.7 Å². The van der Waals surface area contributed by atoms with Crippen molar-refractivity contribution in [3.63, 3.8) is 0 Å². The first-order chi connectivity index (χ1) is 14.4. The highest BCUT2D eigenvalue weighted by Crippen LogP contribution is 2.23. The third kappa shape index (κ3) is 4.68. The number of esters is 1. The lowest BCUT2D eigenvalue weighted by molar-refractivity contribution is -0.144. The number of carbonyl (C=O) groups excluding carboxylic acids is 2. The summed E-state index contributed by atoms with van der Waals surface area (Å²) in [5, 5.41) is 6.17. The van der Waals surface area contributed by atoms with E-state index in [4.69, 9.17) is 9.15 Å². The zero-order valence-corrected chi connectivity index (χ0v) is 17.1.